The maximum atomic E-state index is 12.3. The van der Waals surface area contributed by atoms with Gasteiger partial charge in [-0.3, -0.25) is 4.79 Å². The first-order valence-corrected chi connectivity index (χ1v) is 8.93. The fraction of sp³-hybridized carbons (Fsp3) is 0.500. The second kappa shape index (κ2) is 8.00. The van der Waals surface area contributed by atoms with E-state index < -0.39 is 0 Å². The van der Waals surface area contributed by atoms with Crippen LogP contribution in [0.5, 0.6) is 0 Å². The molecule has 0 bridgehead atoms. The third-order valence-electron chi connectivity index (χ3n) is 4.66. The van der Waals surface area contributed by atoms with Gasteiger partial charge in [-0.25, -0.2) is 0 Å². The maximum absolute atomic E-state index is 12.3. The van der Waals surface area contributed by atoms with Crippen LogP contribution in [-0.4, -0.2) is 64.8 Å². The Kier molecular flexibility index (Phi) is 5.53. The Labute approximate surface area is 148 Å². The molecule has 1 fully saturated rings. The lowest BCUT2D eigenvalue weighted by molar-refractivity contribution is -0.132. The molecule has 3 heterocycles. The van der Waals surface area contributed by atoms with Crippen LogP contribution in [0, 0.1) is 0 Å². The summed E-state index contributed by atoms with van der Waals surface area (Å²) in [5.41, 5.74) is 0. The number of carbonyl (C=O) groups excluding carboxylic acids is 1. The molecule has 0 saturated carbocycles. The van der Waals surface area contributed by atoms with Crippen LogP contribution in [0.2, 0.25) is 0 Å². The molecule has 7 heteroatoms. The molecule has 2 aromatic rings. The number of hydrogen-bond donors (Lipinski definition) is 0. The topological polar surface area (TPSA) is 57.5 Å². The fourth-order valence-corrected chi connectivity index (χ4v) is 3.12. The summed E-state index contributed by atoms with van der Waals surface area (Å²) in [7, 11) is 0. The number of aromatic nitrogens is 3. The molecular formula is C18H26N6O. The zero-order valence-corrected chi connectivity index (χ0v) is 15.0. The Balaban J connectivity index is 1.54. The summed E-state index contributed by atoms with van der Waals surface area (Å²) in [6, 6.07) is 7.92. The molecule has 134 valence electrons. The Bertz CT molecular complexity index is 657. The summed E-state index contributed by atoms with van der Waals surface area (Å²) in [6.07, 6.45) is 3.84. The van der Waals surface area contributed by atoms with Gasteiger partial charge in [0.15, 0.2) is 11.6 Å². The van der Waals surface area contributed by atoms with Crippen molar-refractivity contribution in [3.63, 3.8) is 0 Å². The molecule has 0 radical (unpaired) electrons. The van der Waals surface area contributed by atoms with Crippen molar-refractivity contribution in [1.82, 2.24) is 19.7 Å². The normalized spacial score (nSPS) is 14.6. The van der Waals surface area contributed by atoms with E-state index in [1.807, 2.05) is 46.1 Å². The smallest absolute Gasteiger partial charge is 0.242 e. The van der Waals surface area contributed by atoms with Crippen LogP contribution in [0.15, 0.2) is 36.7 Å². The minimum atomic E-state index is 0.166. The Morgan fingerprint density at radius 1 is 1.04 bits per heavy atom. The van der Waals surface area contributed by atoms with Crippen molar-refractivity contribution < 1.29 is 4.79 Å². The van der Waals surface area contributed by atoms with Crippen LogP contribution >= 0.6 is 0 Å². The number of piperazine rings is 1. The van der Waals surface area contributed by atoms with Gasteiger partial charge < -0.3 is 19.3 Å². The molecule has 1 saturated heterocycles. The van der Waals surface area contributed by atoms with Crippen molar-refractivity contribution in [3.05, 3.63) is 36.7 Å². The molecule has 2 aromatic heterocycles. The van der Waals surface area contributed by atoms with Crippen LogP contribution in [0.25, 0.3) is 0 Å². The lowest BCUT2D eigenvalue weighted by Gasteiger charge is -2.35. The van der Waals surface area contributed by atoms with E-state index in [9.17, 15) is 4.79 Å². The molecule has 7 nitrogen and oxygen atoms in total. The van der Waals surface area contributed by atoms with Crippen LogP contribution in [0.4, 0.5) is 11.6 Å². The Morgan fingerprint density at radius 3 is 2.28 bits per heavy atom. The van der Waals surface area contributed by atoms with Crippen molar-refractivity contribution in [3.8, 4) is 0 Å². The molecule has 1 amide bonds. The SMILES string of the molecule is CCN(CC)c1ccc(N2CCN(C(=O)Cn3cccc3)CC2)nn1. The highest BCUT2D eigenvalue weighted by molar-refractivity contribution is 5.76. The number of nitrogens with zero attached hydrogens (tertiary/aromatic N) is 6. The molecule has 1 aliphatic heterocycles. The van der Waals surface area contributed by atoms with E-state index in [0.29, 0.717) is 6.54 Å². The van der Waals surface area contributed by atoms with Gasteiger partial charge in [0, 0.05) is 51.7 Å². The van der Waals surface area contributed by atoms with Gasteiger partial charge in [0.2, 0.25) is 5.91 Å². The van der Waals surface area contributed by atoms with Crippen molar-refractivity contribution in [1.29, 1.82) is 0 Å². The van der Waals surface area contributed by atoms with Gasteiger partial charge in [-0.15, -0.1) is 10.2 Å². The van der Waals surface area contributed by atoms with Gasteiger partial charge in [-0.1, -0.05) is 0 Å². The highest BCUT2D eigenvalue weighted by Gasteiger charge is 2.22. The van der Waals surface area contributed by atoms with E-state index in [0.717, 1.165) is 50.9 Å². The first-order valence-electron chi connectivity index (χ1n) is 8.93. The van der Waals surface area contributed by atoms with Crippen molar-refractivity contribution in [2.45, 2.75) is 20.4 Å². The molecule has 25 heavy (non-hydrogen) atoms. The van der Waals surface area contributed by atoms with Crippen LogP contribution in [-0.2, 0) is 11.3 Å². The summed E-state index contributed by atoms with van der Waals surface area (Å²) >= 11 is 0. The third kappa shape index (κ3) is 4.10. The van der Waals surface area contributed by atoms with Gasteiger partial charge in [-0.2, -0.15) is 0 Å². The first-order chi connectivity index (χ1) is 12.2. The van der Waals surface area contributed by atoms with Gasteiger partial charge in [0.05, 0.1) is 0 Å². The summed E-state index contributed by atoms with van der Waals surface area (Å²) in [6.45, 7) is 9.50. The second-order valence-corrected chi connectivity index (χ2v) is 6.15. The zero-order valence-electron chi connectivity index (χ0n) is 15.0. The number of amides is 1. The summed E-state index contributed by atoms with van der Waals surface area (Å²) in [4.78, 5) is 18.6. The second-order valence-electron chi connectivity index (χ2n) is 6.15. The molecule has 0 spiro atoms. The summed E-state index contributed by atoms with van der Waals surface area (Å²) in [5, 5.41) is 8.73. The number of anilines is 2. The van der Waals surface area contributed by atoms with Crippen molar-refractivity contribution in [2.75, 3.05) is 49.1 Å². The summed E-state index contributed by atoms with van der Waals surface area (Å²) in [5.74, 6) is 1.96. The van der Waals surface area contributed by atoms with Crippen molar-refractivity contribution >= 4 is 17.5 Å². The van der Waals surface area contributed by atoms with Gasteiger partial charge in [0.25, 0.3) is 0 Å². The molecule has 1 aliphatic rings. The maximum Gasteiger partial charge on any atom is 0.242 e. The fourth-order valence-electron chi connectivity index (χ4n) is 3.12. The Hall–Kier alpha value is -2.57. The van der Waals surface area contributed by atoms with Gasteiger partial charge >= 0.3 is 0 Å². The quantitative estimate of drug-likeness (QED) is 0.796. The van der Waals surface area contributed by atoms with Crippen LogP contribution in [0.1, 0.15) is 13.8 Å². The van der Waals surface area contributed by atoms with E-state index in [1.165, 1.54) is 0 Å². The number of carbonyl (C=O) groups is 1. The minimum Gasteiger partial charge on any atom is -0.356 e. The number of rotatable bonds is 6. The molecule has 0 unspecified atom stereocenters. The zero-order chi connectivity index (χ0) is 17.6. The minimum absolute atomic E-state index is 0.166. The monoisotopic (exact) mass is 342 g/mol. The van der Waals surface area contributed by atoms with E-state index in [2.05, 4.69) is 33.8 Å². The van der Waals surface area contributed by atoms with Crippen LogP contribution < -0.4 is 9.80 Å². The van der Waals surface area contributed by atoms with E-state index in [4.69, 9.17) is 0 Å². The average Bonchev–Trinajstić information content (AvgIpc) is 3.16. The molecule has 3 rings (SSSR count). The average molecular weight is 342 g/mol. The highest BCUT2D eigenvalue weighted by Crippen LogP contribution is 2.16. The molecule has 0 atom stereocenters. The molecule has 0 aliphatic carbocycles. The van der Waals surface area contributed by atoms with E-state index >= 15 is 0 Å². The number of hydrogen-bond acceptors (Lipinski definition) is 5. The standard InChI is InChI=1S/C18H26N6O/c1-3-22(4-2)16-7-8-17(20-19-16)23-11-13-24(14-12-23)18(25)15-21-9-5-6-10-21/h5-10H,3-4,11-15H2,1-2H3. The largest absolute Gasteiger partial charge is 0.356 e. The third-order valence-corrected chi connectivity index (χ3v) is 4.66. The van der Waals surface area contributed by atoms with Crippen LogP contribution in [0.3, 0.4) is 0 Å². The molecular weight excluding hydrogens is 316 g/mol. The molecule has 0 N–H and O–H groups in total. The van der Waals surface area contributed by atoms with E-state index in [1.54, 1.807) is 0 Å². The van der Waals surface area contributed by atoms with E-state index in [-0.39, 0.29) is 5.91 Å². The van der Waals surface area contributed by atoms with Crippen molar-refractivity contribution in [2.24, 2.45) is 0 Å². The summed E-state index contributed by atoms with van der Waals surface area (Å²) < 4.78 is 1.91. The first kappa shape index (κ1) is 17.3. The molecule has 0 aromatic carbocycles. The Morgan fingerprint density at radius 2 is 1.72 bits per heavy atom. The predicted octanol–water partition coefficient (Wildman–Crippen LogP) is 1.47. The highest BCUT2D eigenvalue weighted by atomic mass is 16.2. The predicted molar refractivity (Wildman–Crippen MR) is 98.8 cm³/mol. The van der Waals surface area contributed by atoms with Gasteiger partial charge in [0.1, 0.15) is 6.54 Å². The lowest BCUT2D eigenvalue weighted by atomic mass is 10.3. The van der Waals surface area contributed by atoms with Gasteiger partial charge in [-0.05, 0) is 38.1 Å². The lowest BCUT2D eigenvalue weighted by Crippen LogP contribution is -2.49.